The zero-order valence-corrected chi connectivity index (χ0v) is 12.2. The van der Waals surface area contributed by atoms with Crippen LogP contribution >= 0.6 is 11.3 Å². The van der Waals surface area contributed by atoms with Crippen LogP contribution in [-0.2, 0) is 0 Å². The van der Waals surface area contributed by atoms with Crippen molar-refractivity contribution < 1.29 is 4.79 Å². The standard InChI is InChI=1S/C15H17N3OS/c1-10-4-6-11(7-5-10)14(19)18-15-17-13(9-20-15)12-3-2-8-16-12/h4-7,9,12,16H,2-3,8H2,1H3,(H,17,18,19)/t12-/m0/s1. The molecule has 1 fully saturated rings. The lowest BCUT2D eigenvalue weighted by molar-refractivity contribution is 0.102. The fourth-order valence-corrected chi connectivity index (χ4v) is 3.07. The van der Waals surface area contributed by atoms with Crippen LogP contribution in [-0.4, -0.2) is 17.4 Å². The van der Waals surface area contributed by atoms with Gasteiger partial charge in [0, 0.05) is 10.9 Å². The normalized spacial score (nSPS) is 18.1. The number of hydrogen-bond donors (Lipinski definition) is 2. The van der Waals surface area contributed by atoms with Gasteiger partial charge >= 0.3 is 0 Å². The molecule has 20 heavy (non-hydrogen) atoms. The highest BCUT2D eigenvalue weighted by molar-refractivity contribution is 7.14. The Morgan fingerprint density at radius 1 is 1.40 bits per heavy atom. The van der Waals surface area contributed by atoms with Crippen molar-refractivity contribution in [1.29, 1.82) is 0 Å². The maximum absolute atomic E-state index is 12.1. The molecule has 4 nitrogen and oxygen atoms in total. The Balaban J connectivity index is 1.68. The quantitative estimate of drug-likeness (QED) is 0.912. The molecular weight excluding hydrogens is 270 g/mol. The van der Waals surface area contributed by atoms with E-state index in [0.29, 0.717) is 16.7 Å². The Morgan fingerprint density at radius 3 is 2.90 bits per heavy atom. The van der Waals surface area contributed by atoms with E-state index in [-0.39, 0.29) is 5.91 Å². The third-order valence-electron chi connectivity index (χ3n) is 3.47. The summed E-state index contributed by atoms with van der Waals surface area (Å²) in [6.07, 6.45) is 2.31. The van der Waals surface area contributed by atoms with Crippen molar-refractivity contribution in [3.63, 3.8) is 0 Å². The van der Waals surface area contributed by atoms with Crippen LogP contribution < -0.4 is 10.6 Å². The summed E-state index contributed by atoms with van der Waals surface area (Å²) in [5.74, 6) is -0.106. The zero-order valence-electron chi connectivity index (χ0n) is 11.3. The molecule has 1 aliphatic heterocycles. The van der Waals surface area contributed by atoms with Crippen LogP contribution in [0.2, 0.25) is 0 Å². The molecule has 3 rings (SSSR count). The number of carbonyl (C=O) groups is 1. The van der Waals surface area contributed by atoms with Gasteiger partial charge in [0.2, 0.25) is 0 Å². The summed E-state index contributed by atoms with van der Waals surface area (Å²) in [7, 11) is 0. The molecule has 0 spiro atoms. The van der Waals surface area contributed by atoms with E-state index in [1.807, 2.05) is 36.6 Å². The molecule has 5 heteroatoms. The molecule has 1 saturated heterocycles. The fourth-order valence-electron chi connectivity index (χ4n) is 2.31. The number of aryl methyl sites for hydroxylation is 1. The van der Waals surface area contributed by atoms with Crippen LogP contribution in [0.1, 0.15) is 40.5 Å². The third kappa shape index (κ3) is 2.89. The van der Waals surface area contributed by atoms with Crippen molar-refractivity contribution in [3.05, 3.63) is 46.5 Å². The Kier molecular flexibility index (Phi) is 3.80. The number of aromatic nitrogens is 1. The van der Waals surface area contributed by atoms with Crippen LogP contribution in [0.25, 0.3) is 0 Å². The third-order valence-corrected chi connectivity index (χ3v) is 4.25. The van der Waals surface area contributed by atoms with E-state index in [9.17, 15) is 4.79 Å². The Morgan fingerprint density at radius 2 is 2.20 bits per heavy atom. The molecule has 2 aromatic rings. The van der Waals surface area contributed by atoms with Crippen LogP contribution in [0.4, 0.5) is 5.13 Å². The number of anilines is 1. The molecule has 2 N–H and O–H groups in total. The van der Waals surface area contributed by atoms with E-state index < -0.39 is 0 Å². The van der Waals surface area contributed by atoms with Crippen molar-refractivity contribution in [2.24, 2.45) is 0 Å². The second kappa shape index (κ2) is 5.73. The van der Waals surface area contributed by atoms with Crippen LogP contribution in [0, 0.1) is 6.92 Å². The predicted octanol–water partition coefficient (Wildman–Crippen LogP) is 3.13. The number of amides is 1. The lowest BCUT2D eigenvalue weighted by Crippen LogP contribution is -2.14. The van der Waals surface area contributed by atoms with Crippen molar-refractivity contribution >= 4 is 22.4 Å². The molecule has 1 aromatic heterocycles. The Hall–Kier alpha value is -1.72. The molecule has 1 aliphatic rings. The van der Waals surface area contributed by atoms with Gasteiger partial charge in [0.15, 0.2) is 5.13 Å². The Labute approximate surface area is 122 Å². The first kappa shape index (κ1) is 13.3. The van der Waals surface area contributed by atoms with Gasteiger partial charge in [0.25, 0.3) is 5.91 Å². The maximum atomic E-state index is 12.1. The molecule has 0 radical (unpaired) electrons. The molecule has 1 atom stereocenters. The van der Waals surface area contributed by atoms with E-state index in [2.05, 4.69) is 15.6 Å². The Bertz CT molecular complexity index is 600. The number of thiazole rings is 1. The lowest BCUT2D eigenvalue weighted by Gasteiger charge is -2.05. The number of benzene rings is 1. The van der Waals surface area contributed by atoms with E-state index in [0.717, 1.165) is 24.2 Å². The average molecular weight is 287 g/mol. The van der Waals surface area contributed by atoms with Gasteiger partial charge in [-0.1, -0.05) is 17.7 Å². The minimum atomic E-state index is -0.106. The topological polar surface area (TPSA) is 54.0 Å². The molecule has 0 unspecified atom stereocenters. The summed E-state index contributed by atoms with van der Waals surface area (Å²) in [5.41, 5.74) is 2.84. The van der Waals surface area contributed by atoms with Crippen LogP contribution in [0.5, 0.6) is 0 Å². The zero-order chi connectivity index (χ0) is 13.9. The molecule has 104 valence electrons. The number of rotatable bonds is 3. The lowest BCUT2D eigenvalue weighted by atomic mass is 10.1. The van der Waals surface area contributed by atoms with Crippen LogP contribution in [0.15, 0.2) is 29.6 Å². The molecule has 2 heterocycles. The molecule has 0 aliphatic carbocycles. The molecule has 0 saturated carbocycles. The van der Waals surface area contributed by atoms with Crippen molar-refractivity contribution in [1.82, 2.24) is 10.3 Å². The van der Waals surface area contributed by atoms with Gasteiger partial charge in [-0.15, -0.1) is 11.3 Å². The highest BCUT2D eigenvalue weighted by Gasteiger charge is 2.19. The van der Waals surface area contributed by atoms with Crippen molar-refractivity contribution in [2.75, 3.05) is 11.9 Å². The van der Waals surface area contributed by atoms with Gasteiger partial charge in [0.1, 0.15) is 0 Å². The smallest absolute Gasteiger partial charge is 0.257 e. The first-order valence-electron chi connectivity index (χ1n) is 6.79. The number of carbonyl (C=O) groups excluding carboxylic acids is 1. The molecular formula is C15H17N3OS. The summed E-state index contributed by atoms with van der Waals surface area (Å²) in [6.45, 7) is 3.05. The SMILES string of the molecule is Cc1ccc(C(=O)Nc2nc([C@@H]3CCCN3)cs2)cc1. The minimum absolute atomic E-state index is 0.106. The highest BCUT2D eigenvalue weighted by Crippen LogP contribution is 2.26. The minimum Gasteiger partial charge on any atom is -0.309 e. The van der Waals surface area contributed by atoms with Gasteiger partial charge in [-0.25, -0.2) is 4.98 Å². The van der Waals surface area contributed by atoms with E-state index >= 15 is 0 Å². The largest absolute Gasteiger partial charge is 0.309 e. The number of hydrogen-bond acceptors (Lipinski definition) is 4. The second-order valence-corrected chi connectivity index (χ2v) is 5.90. The first-order valence-corrected chi connectivity index (χ1v) is 7.67. The van der Waals surface area contributed by atoms with Gasteiger partial charge in [-0.05, 0) is 38.4 Å². The van der Waals surface area contributed by atoms with Gasteiger partial charge in [0.05, 0.1) is 11.7 Å². The first-order chi connectivity index (χ1) is 9.72. The summed E-state index contributed by atoms with van der Waals surface area (Å²) in [4.78, 5) is 16.6. The van der Waals surface area contributed by atoms with E-state index in [4.69, 9.17) is 0 Å². The van der Waals surface area contributed by atoms with E-state index in [1.165, 1.54) is 17.8 Å². The summed E-state index contributed by atoms with van der Waals surface area (Å²) >= 11 is 1.48. The maximum Gasteiger partial charge on any atom is 0.257 e. The number of nitrogens with one attached hydrogen (secondary N) is 2. The summed E-state index contributed by atoms with van der Waals surface area (Å²) in [5, 5.41) is 8.96. The number of nitrogens with zero attached hydrogens (tertiary/aromatic N) is 1. The summed E-state index contributed by atoms with van der Waals surface area (Å²) < 4.78 is 0. The van der Waals surface area contributed by atoms with Gasteiger partial charge in [-0.3, -0.25) is 10.1 Å². The van der Waals surface area contributed by atoms with E-state index in [1.54, 1.807) is 0 Å². The van der Waals surface area contributed by atoms with Crippen molar-refractivity contribution in [3.8, 4) is 0 Å². The average Bonchev–Trinajstić information content (AvgIpc) is 3.09. The van der Waals surface area contributed by atoms with Gasteiger partial charge < -0.3 is 5.32 Å². The molecule has 0 bridgehead atoms. The molecule has 1 aromatic carbocycles. The molecule has 1 amide bonds. The summed E-state index contributed by atoms with van der Waals surface area (Å²) in [6, 6.07) is 7.88. The van der Waals surface area contributed by atoms with Crippen LogP contribution in [0.3, 0.4) is 0 Å². The predicted molar refractivity (Wildman–Crippen MR) is 81.2 cm³/mol. The van der Waals surface area contributed by atoms with Crippen molar-refractivity contribution in [2.45, 2.75) is 25.8 Å². The van der Waals surface area contributed by atoms with Gasteiger partial charge in [-0.2, -0.15) is 0 Å². The highest BCUT2D eigenvalue weighted by atomic mass is 32.1. The second-order valence-electron chi connectivity index (χ2n) is 5.05. The fraction of sp³-hybridized carbons (Fsp3) is 0.333. The monoisotopic (exact) mass is 287 g/mol.